The summed E-state index contributed by atoms with van der Waals surface area (Å²) in [6.45, 7) is 0.714. The quantitative estimate of drug-likeness (QED) is 0.737. The summed E-state index contributed by atoms with van der Waals surface area (Å²) in [5.74, 6) is 1.41. The highest BCUT2D eigenvalue weighted by Crippen LogP contribution is 2.29. The second kappa shape index (κ2) is 5.59. The monoisotopic (exact) mass is 226 g/mol. The van der Waals surface area contributed by atoms with Crippen LogP contribution in [0.25, 0.3) is 0 Å². The Hall–Kier alpha value is -0.440. The van der Waals surface area contributed by atoms with Crippen LogP contribution in [0.1, 0.15) is 38.5 Å². The van der Waals surface area contributed by atoms with Crippen molar-refractivity contribution in [2.75, 3.05) is 12.4 Å². The van der Waals surface area contributed by atoms with E-state index in [0.29, 0.717) is 18.1 Å². The van der Waals surface area contributed by atoms with E-state index in [1.54, 1.807) is 0 Å². The summed E-state index contributed by atoms with van der Waals surface area (Å²) >= 11 is 1.82. The SMILES string of the molecule is O=C(CSC1CCCC1)C1=CCCCO1. The number of hydrogen-bond acceptors (Lipinski definition) is 3. The first-order valence-corrected chi connectivity index (χ1v) is 6.89. The number of carbonyl (C=O) groups excluding carboxylic acids is 1. The highest BCUT2D eigenvalue weighted by molar-refractivity contribution is 8.00. The molecular weight excluding hydrogens is 208 g/mol. The lowest BCUT2D eigenvalue weighted by Gasteiger charge is -2.14. The summed E-state index contributed by atoms with van der Waals surface area (Å²) in [7, 11) is 0. The second-order valence-electron chi connectivity index (χ2n) is 4.20. The number of thioether (sulfide) groups is 1. The van der Waals surface area contributed by atoms with Gasteiger partial charge in [0.05, 0.1) is 12.4 Å². The fraction of sp³-hybridized carbons (Fsp3) is 0.750. The van der Waals surface area contributed by atoms with Crippen molar-refractivity contribution < 1.29 is 9.53 Å². The zero-order chi connectivity index (χ0) is 10.5. The molecule has 3 heteroatoms. The lowest BCUT2D eigenvalue weighted by atomic mass is 10.2. The van der Waals surface area contributed by atoms with E-state index in [1.807, 2.05) is 17.8 Å². The van der Waals surface area contributed by atoms with Crippen molar-refractivity contribution in [2.45, 2.75) is 43.8 Å². The maximum Gasteiger partial charge on any atom is 0.206 e. The Morgan fingerprint density at radius 2 is 2.20 bits per heavy atom. The average Bonchev–Trinajstić information content (AvgIpc) is 2.80. The van der Waals surface area contributed by atoms with Gasteiger partial charge in [0, 0.05) is 5.25 Å². The Kier molecular flexibility index (Phi) is 4.12. The summed E-state index contributed by atoms with van der Waals surface area (Å²) in [4.78, 5) is 11.7. The predicted molar refractivity (Wildman–Crippen MR) is 63.0 cm³/mol. The van der Waals surface area contributed by atoms with E-state index in [4.69, 9.17) is 4.74 Å². The molecule has 1 aliphatic carbocycles. The molecule has 0 spiro atoms. The molecule has 2 aliphatic rings. The van der Waals surface area contributed by atoms with Gasteiger partial charge in [-0.25, -0.2) is 0 Å². The zero-order valence-electron chi connectivity index (χ0n) is 9.04. The molecule has 0 aromatic rings. The second-order valence-corrected chi connectivity index (χ2v) is 5.49. The lowest BCUT2D eigenvalue weighted by molar-refractivity contribution is -0.116. The van der Waals surface area contributed by atoms with Crippen LogP contribution >= 0.6 is 11.8 Å². The molecule has 0 N–H and O–H groups in total. The van der Waals surface area contributed by atoms with Crippen molar-refractivity contribution in [3.8, 4) is 0 Å². The van der Waals surface area contributed by atoms with Gasteiger partial charge >= 0.3 is 0 Å². The van der Waals surface area contributed by atoms with Gasteiger partial charge in [0.1, 0.15) is 0 Å². The van der Waals surface area contributed by atoms with Gasteiger partial charge in [-0.15, -0.1) is 0 Å². The highest BCUT2D eigenvalue weighted by atomic mass is 32.2. The summed E-state index contributed by atoms with van der Waals surface area (Å²) in [5.41, 5.74) is 0. The van der Waals surface area contributed by atoms with Crippen LogP contribution in [0.4, 0.5) is 0 Å². The topological polar surface area (TPSA) is 26.3 Å². The molecule has 2 rings (SSSR count). The number of carbonyl (C=O) groups is 1. The summed E-state index contributed by atoms with van der Waals surface area (Å²) in [5, 5.41) is 0.721. The Bertz CT molecular complexity index is 254. The Labute approximate surface area is 95.5 Å². The Morgan fingerprint density at radius 3 is 2.87 bits per heavy atom. The molecule has 0 unspecified atom stereocenters. The third-order valence-electron chi connectivity index (χ3n) is 2.96. The van der Waals surface area contributed by atoms with E-state index in [2.05, 4.69) is 0 Å². The number of ketones is 1. The lowest BCUT2D eigenvalue weighted by Crippen LogP contribution is -2.14. The minimum absolute atomic E-state index is 0.187. The summed E-state index contributed by atoms with van der Waals surface area (Å²) < 4.78 is 5.35. The van der Waals surface area contributed by atoms with Crippen LogP contribution in [0, 0.1) is 0 Å². The first-order valence-electron chi connectivity index (χ1n) is 5.84. The van der Waals surface area contributed by atoms with Crippen molar-refractivity contribution in [3.63, 3.8) is 0 Å². The van der Waals surface area contributed by atoms with E-state index < -0.39 is 0 Å². The largest absolute Gasteiger partial charge is 0.490 e. The Morgan fingerprint density at radius 1 is 1.40 bits per heavy atom. The van der Waals surface area contributed by atoms with Gasteiger partial charge in [-0.2, -0.15) is 11.8 Å². The highest BCUT2D eigenvalue weighted by Gasteiger charge is 2.19. The van der Waals surface area contributed by atoms with Crippen molar-refractivity contribution in [1.29, 1.82) is 0 Å². The number of hydrogen-bond donors (Lipinski definition) is 0. The molecule has 84 valence electrons. The normalized spacial score (nSPS) is 22.3. The summed E-state index contributed by atoms with van der Waals surface area (Å²) in [6.07, 6.45) is 9.24. The van der Waals surface area contributed by atoms with Gasteiger partial charge in [-0.05, 0) is 31.8 Å². The first-order chi connectivity index (χ1) is 7.36. The molecule has 1 heterocycles. The van der Waals surface area contributed by atoms with Gasteiger partial charge < -0.3 is 4.74 Å². The van der Waals surface area contributed by atoms with Crippen LogP contribution in [0.15, 0.2) is 11.8 Å². The smallest absolute Gasteiger partial charge is 0.206 e. The van der Waals surface area contributed by atoms with Gasteiger partial charge in [-0.3, -0.25) is 4.79 Å². The molecule has 0 saturated heterocycles. The van der Waals surface area contributed by atoms with Crippen LogP contribution in [-0.4, -0.2) is 23.4 Å². The van der Waals surface area contributed by atoms with Gasteiger partial charge in [0.25, 0.3) is 0 Å². The third-order valence-corrected chi connectivity index (χ3v) is 4.33. The maximum absolute atomic E-state index is 11.7. The Balaban J connectivity index is 1.73. The van der Waals surface area contributed by atoms with Gasteiger partial charge in [0.15, 0.2) is 5.76 Å². The van der Waals surface area contributed by atoms with Gasteiger partial charge in [0.2, 0.25) is 5.78 Å². The van der Waals surface area contributed by atoms with Crippen LogP contribution in [0.2, 0.25) is 0 Å². The molecule has 0 radical (unpaired) electrons. The van der Waals surface area contributed by atoms with Crippen molar-refractivity contribution in [3.05, 3.63) is 11.8 Å². The van der Waals surface area contributed by atoms with E-state index in [-0.39, 0.29) is 5.78 Å². The van der Waals surface area contributed by atoms with Crippen LogP contribution < -0.4 is 0 Å². The molecule has 0 aromatic carbocycles. The molecule has 1 fully saturated rings. The molecule has 0 amide bonds. The fourth-order valence-corrected chi connectivity index (χ4v) is 3.27. The van der Waals surface area contributed by atoms with E-state index in [9.17, 15) is 4.79 Å². The maximum atomic E-state index is 11.7. The molecule has 1 saturated carbocycles. The minimum atomic E-state index is 0.187. The number of allylic oxidation sites excluding steroid dienone is 2. The molecule has 15 heavy (non-hydrogen) atoms. The first kappa shape index (κ1) is 11.1. The van der Waals surface area contributed by atoms with Crippen molar-refractivity contribution in [1.82, 2.24) is 0 Å². The van der Waals surface area contributed by atoms with Crippen LogP contribution in [-0.2, 0) is 9.53 Å². The standard InChI is InChI=1S/C12H18O2S/c13-11(12-7-3-4-8-14-12)9-15-10-5-1-2-6-10/h7,10H,1-6,8-9H2. The minimum Gasteiger partial charge on any atom is -0.490 e. The number of ether oxygens (including phenoxy) is 1. The molecule has 1 aliphatic heterocycles. The predicted octanol–water partition coefficient (Wildman–Crippen LogP) is 2.93. The molecule has 0 aromatic heterocycles. The molecule has 2 nitrogen and oxygen atoms in total. The van der Waals surface area contributed by atoms with Crippen molar-refractivity contribution in [2.24, 2.45) is 0 Å². The third kappa shape index (κ3) is 3.26. The molecular formula is C12H18O2S. The number of Topliss-reactive ketones (excluding diaryl/α,β-unsaturated/α-hetero) is 1. The van der Waals surface area contributed by atoms with Gasteiger partial charge in [-0.1, -0.05) is 12.8 Å². The van der Waals surface area contributed by atoms with Crippen molar-refractivity contribution >= 4 is 17.5 Å². The van der Waals surface area contributed by atoms with E-state index in [0.717, 1.165) is 18.1 Å². The molecule has 0 atom stereocenters. The number of rotatable bonds is 4. The average molecular weight is 226 g/mol. The van der Waals surface area contributed by atoms with Crippen LogP contribution in [0.3, 0.4) is 0 Å². The zero-order valence-corrected chi connectivity index (χ0v) is 9.85. The molecule has 0 bridgehead atoms. The summed E-state index contributed by atoms with van der Waals surface area (Å²) in [6, 6.07) is 0. The van der Waals surface area contributed by atoms with Crippen LogP contribution in [0.5, 0.6) is 0 Å². The fourth-order valence-electron chi connectivity index (χ4n) is 2.07. The van der Waals surface area contributed by atoms with E-state index >= 15 is 0 Å². The van der Waals surface area contributed by atoms with E-state index in [1.165, 1.54) is 25.7 Å².